The molecule has 0 aliphatic carbocycles. The quantitative estimate of drug-likeness (QED) is 0.539. The van der Waals surface area contributed by atoms with Gasteiger partial charge >= 0.3 is 0 Å². The Morgan fingerprint density at radius 2 is 1.31 bits per heavy atom. The molecule has 0 radical (unpaired) electrons. The number of rotatable bonds is 7. The second kappa shape index (κ2) is 8.09. The van der Waals surface area contributed by atoms with E-state index in [0.717, 1.165) is 17.9 Å². The van der Waals surface area contributed by atoms with Gasteiger partial charge in [-0.05, 0) is 52.8 Å². The van der Waals surface area contributed by atoms with E-state index in [-0.39, 0.29) is 5.41 Å². The van der Waals surface area contributed by atoms with Gasteiger partial charge in [-0.3, -0.25) is 0 Å². The van der Waals surface area contributed by atoms with E-state index in [9.17, 15) is 0 Å². The highest BCUT2D eigenvalue weighted by Gasteiger charge is 2.21. The average molecular weight is 346 g/mol. The first kappa shape index (κ1) is 18.1. The van der Waals surface area contributed by atoms with Crippen molar-refractivity contribution in [3.8, 4) is 11.5 Å². The monoisotopic (exact) mass is 346 g/mol. The van der Waals surface area contributed by atoms with Gasteiger partial charge in [-0.1, -0.05) is 68.4 Å². The van der Waals surface area contributed by atoms with Crippen molar-refractivity contribution in [3.05, 3.63) is 95.6 Å². The zero-order chi connectivity index (χ0) is 18.4. The molecule has 26 heavy (non-hydrogen) atoms. The Hall–Kier alpha value is -2.74. The molecule has 0 spiro atoms. The van der Waals surface area contributed by atoms with E-state index in [1.165, 1.54) is 16.7 Å². The van der Waals surface area contributed by atoms with Gasteiger partial charge in [0.15, 0.2) is 0 Å². The lowest BCUT2D eigenvalue weighted by atomic mass is 9.79. The van der Waals surface area contributed by atoms with E-state index in [2.05, 4.69) is 62.4 Å². The van der Waals surface area contributed by atoms with Crippen LogP contribution in [0.25, 0.3) is 0 Å². The van der Waals surface area contributed by atoms with Crippen molar-refractivity contribution >= 4 is 0 Å². The third-order valence-corrected chi connectivity index (χ3v) is 4.69. The highest BCUT2D eigenvalue weighted by atomic mass is 16.5. The predicted octanol–water partition coefficient (Wildman–Crippen LogP) is 5.79. The second-order valence-corrected chi connectivity index (χ2v) is 7.21. The molecule has 0 bridgehead atoms. The van der Waals surface area contributed by atoms with Crippen LogP contribution in [-0.4, -0.2) is 7.11 Å². The second-order valence-electron chi connectivity index (χ2n) is 7.21. The Balaban J connectivity index is 1.64. The zero-order valence-corrected chi connectivity index (χ0v) is 15.7. The molecule has 0 aromatic heterocycles. The number of ether oxygens (including phenoxy) is 2. The summed E-state index contributed by atoms with van der Waals surface area (Å²) in [6, 6.07) is 27.0. The number of methoxy groups -OCH3 is 1. The fourth-order valence-corrected chi connectivity index (χ4v) is 3.10. The topological polar surface area (TPSA) is 18.5 Å². The van der Waals surface area contributed by atoms with Crippen LogP contribution in [-0.2, 0) is 18.4 Å². The van der Waals surface area contributed by atoms with Crippen LogP contribution in [0.15, 0.2) is 78.9 Å². The van der Waals surface area contributed by atoms with Crippen molar-refractivity contribution < 1.29 is 9.47 Å². The largest absolute Gasteiger partial charge is 0.497 e. The van der Waals surface area contributed by atoms with Gasteiger partial charge in [-0.15, -0.1) is 0 Å². The predicted molar refractivity (Wildman–Crippen MR) is 107 cm³/mol. The summed E-state index contributed by atoms with van der Waals surface area (Å²) in [5, 5.41) is 0. The number of benzene rings is 3. The van der Waals surface area contributed by atoms with Crippen LogP contribution in [0, 0.1) is 0 Å². The Morgan fingerprint density at radius 1 is 0.692 bits per heavy atom. The van der Waals surface area contributed by atoms with Crippen LogP contribution in [0.2, 0.25) is 0 Å². The van der Waals surface area contributed by atoms with Crippen molar-refractivity contribution in [2.45, 2.75) is 32.3 Å². The third kappa shape index (κ3) is 4.66. The molecular formula is C24H26O2. The first-order chi connectivity index (χ1) is 12.6. The lowest BCUT2D eigenvalue weighted by Crippen LogP contribution is -2.20. The smallest absolute Gasteiger partial charge is 0.119 e. The van der Waals surface area contributed by atoms with E-state index in [1.807, 2.05) is 30.3 Å². The molecule has 3 aromatic carbocycles. The van der Waals surface area contributed by atoms with Crippen LogP contribution in [0.1, 0.15) is 30.5 Å². The summed E-state index contributed by atoms with van der Waals surface area (Å²) in [6.07, 6.45) is 0.973. The number of hydrogen-bond donors (Lipinski definition) is 0. The molecule has 3 aromatic rings. The highest BCUT2D eigenvalue weighted by Crippen LogP contribution is 2.29. The summed E-state index contributed by atoms with van der Waals surface area (Å²) >= 11 is 0. The van der Waals surface area contributed by atoms with Gasteiger partial charge in [0.05, 0.1) is 7.11 Å². The van der Waals surface area contributed by atoms with Gasteiger partial charge in [0, 0.05) is 0 Å². The van der Waals surface area contributed by atoms with Gasteiger partial charge in [-0.25, -0.2) is 0 Å². The molecule has 0 N–H and O–H groups in total. The first-order valence-electron chi connectivity index (χ1n) is 8.97. The highest BCUT2D eigenvalue weighted by molar-refractivity contribution is 5.35. The van der Waals surface area contributed by atoms with Crippen molar-refractivity contribution in [1.82, 2.24) is 0 Å². The minimum absolute atomic E-state index is 0.0482. The van der Waals surface area contributed by atoms with Gasteiger partial charge in [0.25, 0.3) is 0 Å². The summed E-state index contributed by atoms with van der Waals surface area (Å²) in [4.78, 5) is 0. The van der Waals surface area contributed by atoms with E-state index in [0.29, 0.717) is 6.61 Å². The molecule has 0 atom stereocenters. The fourth-order valence-electron chi connectivity index (χ4n) is 3.10. The van der Waals surface area contributed by atoms with E-state index in [4.69, 9.17) is 9.47 Å². The first-order valence-corrected chi connectivity index (χ1v) is 8.97. The minimum Gasteiger partial charge on any atom is -0.497 e. The average Bonchev–Trinajstić information content (AvgIpc) is 2.68. The normalized spacial score (nSPS) is 11.2. The summed E-state index contributed by atoms with van der Waals surface area (Å²) < 4.78 is 11.1. The Morgan fingerprint density at radius 3 is 1.92 bits per heavy atom. The van der Waals surface area contributed by atoms with Crippen molar-refractivity contribution in [2.75, 3.05) is 7.11 Å². The maximum absolute atomic E-state index is 5.89. The Kier molecular flexibility index (Phi) is 5.62. The third-order valence-electron chi connectivity index (χ3n) is 4.69. The van der Waals surface area contributed by atoms with E-state index < -0.39 is 0 Å². The van der Waals surface area contributed by atoms with Crippen LogP contribution in [0.4, 0.5) is 0 Å². The van der Waals surface area contributed by atoms with Crippen molar-refractivity contribution in [2.24, 2.45) is 0 Å². The molecule has 2 nitrogen and oxygen atoms in total. The molecule has 0 saturated carbocycles. The molecule has 134 valence electrons. The molecule has 2 heteroatoms. The molecule has 0 fully saturated rings. The minimum atomic E-state index is 0.0482. The van der Waals surface area contributed by atoms with Gasteiger partial charge in [0.2, 0.25) is 0 Å². The molecule has 0 unspecified atom stereocenters. The molecule has 0 heterocycles. The Bertz CT molecular complexity index is 803. The van der Waals surface area contributed by atoms with Gasteiger partial charge in [0.1, 0.15) is 18.1 Å². The molecule has 0 amide bonds. The lowest BCUT2D eigenvalue weighted by Gasteiger charge is -2.26. The molecule has 0 aliphatic heterocycles. The molecular weight excluding hydrogens is 320 g/mol. The van der Waals surface area contributed by atoms with Crippen LogP contribution in [0.3, 0.4) is 0 Å². The van der Waals surface area contributed by atoms with Gasteiger partial charge in [-0.2, -0.15) is 0 Å². The zero-order valence-electron chi connectivity index (χ0n) is 15.7. The van der Waals surface area contributed by atoms with Crippen molar-refractivity contribution in [3.63, 3.8) is 0 Å². The van der Waals surface area contributed by atoms with Crippen molar-refractivity contribution in [1.29, 1.82) is 0 Å². The standard InChI is InChI=1S/C24H26O2/c1-24(2,17-19-9-13-22(25-3)14-10-19)21-11-15-23(16-12-21)26-18-20-7-5-4-6-8-20/h4-16H,17-18H2,1-3H3. The SMILES string of the molecule is COc1ccc(CC(C)(C)c2ccc(OCc3ccccc3)cc2)cc1. The van der Waals surface area contributed by atoms with Crippen LogP contribution >= 0.6 is 0 Å². The molecule has 0 aliphatic rings. The van der Waals surface area contributed by atoms with Crippen LogP contribution in [0.5, 0.6) is 11.5 Å². The summed E-state index contributed by atoms with van der Waals surface area (Å²) in [5.74, 6) is 1.80. The van der Waals surface area contributed by atoms with E-state index in [1.54, 1.807) is 7.11 Å². The summed E-state index contributed by atoms with van der Waals surface area (Å²) in [7, 11) is 1.69. The maximum atomic E-state index is 5.89. The maximum Gasteiger partial charge on any atom is 0.119 e. The lowest BCUT2D eigenvalue weighted by molar-refractivity contribution is 0.306. The van der Waals surface area contributed by atoms with E-state index >= 15 is 0 Å². The molecule has 0 saturated heterocycles. The number of hydrogen-bond acceptors (Lipinski definition) is 2. The fraction of sp³-hybridized carbons (Fsp3) is 0.250. The van der Waals surface area contributed by atoms with Crippen LogP contribution < -0.4 is 9.47 Å². The summed E-state index contributed by atoms with van der Waals surface area (Å²) in [5.41, 5.74) is 3.84. The molecule has 3 rings (SSSR count). The summed E-state index contributed by atoms with van der Waals surface area (Å²) in [6.45, 7) is 5.14. The Labute approximate surface area is 156 Å². The van der Waals surface area contributed by atoms with Gasteiger partial charge < -0.3 is 9.47 Å².